The number of aromatic amines is 1. The lowest BCUT2D eigenvalue weighted by Crippen LogP contribution is -2.39. The Labute approximate surface area is 140 Å². The average molecular weight is 342 g/mol. The van der Waals surface area contributed by atoms with Crippen LogP contribution in [-0.4, -0.2) is 29.6 Å². The topological polar surface area (TPSA) is 87.7 Å². The predicted molar refractivity (Wildman–Crippen MR) is 91.2 cm³/mol. The molecule has 0 saturated heterocycles. The summed E-state index contributed by atoms with van der Waals surface area (Å²) in [5.41, 5.74) is 3.85. The third-order valence-corrected chi connectivity index (χ3v) is 6.28. The van der Waals surface area contributed by atoms with Crippen molar-refractivity contribution in [1.82, 2.24) is 19.9 Å². The Morgan fingerprint density at radius 2 is 2.08 bits per heavy atom. The van der Waals surface area contributed by atoms with E-state index >= 15 is 0 Å². The molecule has 0 spiro atoms. The SMILES string of the molecule is Cc1ccccc1S(=O)(=O)NC1CCc2c(cnc3[nH]ncc23)C1. The molecule has 1 aromatic carbocycles. The van der Waals surface area contributed by atoms with Gasteiger partial charge in [0.2, 0.25) is 10.0 Å². The molecule has 2 N–H and O–H groups in total. The Morgan fingerprint density at radius 3 is 2.92 bits per heavy atom. The molecule has 124 valence electrons. The van der Waals surface area contributed by atoms with E-state index < -0.39 is 10.0 Å². The van der Waals surface area contributed by atoms with Crippen LogP contribution in [0.5, 0.6) is 0 Å². The van der Waals surface area contributed by atoms with E-state index in [2.05, 4.69) is 19.9 Å². The number of pyridine rings is 1. The van der Waals surface area contributed by atoms with Crippen LogP contribution in [0.1, 0.15) is 23.1 Å². The molecule has 2 aromatic heterocycles. The summed E-state index contributed by atoms with van der Waals surface area (Å²) in [4.78, 5) is 4.71. The van der Waals surface area contributed by atoms with Gasteiger partial charge in [0.15, 0.2) is 5.65 Å². The van der Waals surface area contributed by atoms with Gasteiger partial charge in [-0.15, -0.1) is 0 Å². The van der Waals surface area contributed by atoms with Gasteiger partial charge in [0, 0.05) is 17.6 Å². The molecule has 0 aliphatic heterocycles. The third kappa shape index (κ3) is 2.59. The summed E-state index contributed by atoms with van der Waals surface area (Å²) in [7, 11) is -3.51. The van der Waals surface area contributed by atoms with Crippen molar-refractivity contribution >= 4 is 21.1 Å². The maximum Gasteiger partial charge on any atom is 0.241 e. The van der Waals surface area contributed by atoms with Gasteiger partial charge in [-0.05, 0) is 48.9 Å². The van der Waals surface area contributed by atoms with Crippen molar-refractivity contribution in [2.75, 3.05) is 0 Å². The maximum atomic E-state index is 12.7. The number of fused-ring (bicyclic) bond motifs is 3. The van der Waals surface area contributed by atoms with Gasteiger partial charge in [0.25, 0.3) is 0 Å². The highest BCUT2D eigenvalue weighted by Crippen LogP contribution is 2.27. The summed E-state index contributed by atoms with van der Waals surface area (Å²) >= 11 is 0. The van der Waals surface area contributed by atoms with Crippen molar-refractivity contribution in [3.63, 3.8) is 0 Å². The number of aromatic nitrogens is 3. The Balaban J connectivity index is 1.60. The van der Waals surface area contributed by atoms with Crippen LogP contribution in [0.3, 0.4) is 0 Å². The highest BCUT2D eigenvalue weighted by molar-refractivity contribution is 7.89. The van der Waals surface area contributed by atoms with Crippen molar-refractivity contribution in [2.45, 2.75) is 37.1 Å². The molecule has 1 unspecified atom stereocenters. The number of rotatable bonds is 3. The zero-order chi connectivity index (χ0) is 16.7. The van der Waals surface area contributed by atoms with Gasteiger partial charge in [0.05, 0.1) is 11.1 Å². The van der Waals surface area contributed by atoms with Gasteiger partial charge in [-0.2, -0.15) is 5.10 Å². The van der Waals surface area contributed by atoms with Crippen LogP contribution in [0.2, 0.25) is 0 Å². The minimum absolute atomic E-state index is 0.117. The second-order valence-corrected chi connectivity index (χ2v) is 7.90. The molecule has 3 aromatic rings. The van der Waals surface area contributed by atoms with Crippen LogP contribution in [0, 0.1) is 6.92 Å². The normalized spacial score (nSPS) is 17.8. The lowest BCUT2D eigenvalue weighted by Gasteiger charge is -2.25. The van der Waals surface area contributed by atoms with Crippen LogP contribution in [0.25, 0.3) is 11.0 Å². The first-order valence-corrected chi connectivity index (χ1v) is 9.41. The number of benzene rings is 1. The summed E-state index contributed by atoms with van der Waals surface area (Å²) < 4.78 is 28.2. The summed E-state index contributed by atoms with van der Waals surface area (Å²) in [5.74, 6) is 0. The summed E-state index contributed by atoms with van der Waals surface area (Å²) in [6.07, 6.45) is 5.84. The van der Waals surface area contributed by atoms with E-state index in [1.807, 2.05) is 25.3 Å². The highest BCUT2D eigenvalue weighted by Gasteiger charge is 2.26. The lowest BCUT2D eigenvalue weighted by molar-refractivity contribution is 0.508. The molecule has 0 radical (unpaired) electrons. The number of hydrogen-bond acceptors (Lipinski definition) is 4. The van der Waals surface area contributed by atoms with Crippen molar-refractivity contribution in [3.05, 3.63) is 53.3 Å². The number of nitrogens with one attached hydrogen (secondary N) is 2. The number of nitrogens with zero attached hydrogens (tertiary/aromatic N) is 2. The number of hydrogen-bond donors (Lipinski definition) is 2. The fourth-order valence-electron chi connectivity index (χ4n) is 3.39. The summed E-state index contributed by atoms with van der Waals surface area (Å²) in [6.45, 7) is 1.81. The zero-order valence-electron chi connectivity index (χ0n) is 13.3. The van der Waals surface area contributed by atoms with Crippen LogP contribution >= 0.6 is 0 Å². The molecule has 0 saturated carbocycles. The first-order valence-electron chi connectivity index (χ1n) is 7.92. The molecule has 4 rings (SSSR count). The lowest BCUT2D eigenvalue weighted by atomic mass is 9.88. The molecule has 1 aliphatic carbocycles. The van der Waals surface area contributed by atoms with E-state index in [-0.39, 0.29) is 6.04 Å². The van der Waals surface area contributed by atoms with Gasteiger partial charge >= 0.3 is 0 Å². The van der Waals surface area contributed by atoms with Gasteiger partial charge in [-0.1, -0.05) is 18.2 Å². The van der Waals surface area contributed by atoms with E-state index in [0.717, 1.165) is 35.0 Å². The molecule has 1 aliphatic rings. The Kier molecular flexibility index (Phi) is 3.62. The van der Waals surface area contributed by atoms with Gasteiger partial charge in [-0.25, -0.2) is 18.1 Å². The van der Waals surface area contributed by atoms with Gasteiger partial charge in [0.1, 0.15) is 0 Å². The summed E-state index contributed by atoms with van der Waals surface area (Å²) in [6, 6.07) is 6.92. The Hall–Kier alpha value is -2.25. The van der Waals surface area contributed by atoms with Crippen molar-refractivity contribution < 1.29 is 8.42 Å². The smallest absolute Gasteiger partial charge is 0.241 e. The highest BCUT2D eigenvalue weighted by atomic mass is 32.2. The van der Waals surface area contributed by atoms with Crippen LogP contribution in [-0.2, 0) is 22.9 Å². The minimum Gasteiger partial charge on any atom is -0.261 e. The molecule has 6 nitrogen and oxygen atoms in total. The van der Waals surface area contributed by atoms with E-state index in [1.54, 1.807) is 18.3 Å². The predicted octanol–water partition coefficient (Wildman–Crippen LogP) is 2.10. The first-order chi connectivity index (χ1) is 11.5. The van der Waals surface area contributed by atoms with E-state index in [4.69, 9.17) is 0 Å². The monoisotopic (exact) mass is 342 g/mol. The molecule has 0 bridgehead atoms. The molecular formula is C17H18N4O2S. The molecule has 0 fully saturated rings. The largest absolute Gasteiger partial charge is 0.261 e. The Morgan fingerprint density at radius 1 is 1.25 bits per heavy atom. The maximum absolute atomic E-state index is 12.7. The minimum atomic E-state index is -3.51. The Bertz CT molecular complexity index is 1010. The standard InChI is InChI=1S/C17H18N4O2S/c1-11-4-2-3-5-16(11)24(22,23)21-13-6-7-14-12(8-13)9-18-17-15(14)10-19-20-17/h2-5,9-10,13,21H,6-8H2,1H3,(H,18,19,20). The fourth-order valence-corrected chi connectivity index (χ4v) is 4.91. The molecule has 7 heteroatoms. The average Bonchev–Trinajstić information content (AvgIpc) is 3.03. The molecule has 1 atom stereocenters. The fraction of sp³-hybridized carbons (Fsp3) is 0.294. The number of sulfonamides is 1. The van der Waals surface area contributed by atoms with Crippen molar-refractivity contribution in [2.24, 2.45) is 0 Å². The molecule has 24 heavy (non-hydrogen) atoms. The zero-order valence-corrected chi connectivity index (χ0v) is 14.1. The van der Waals surface area contributed by atoms with E-state index in [1.165, 1.54) is 5.56 Å². The first kappa shape index (κ1) is 15.3. The summed E-state index contributed by atoms with van der Waals surface area (Å²) in [5, 5.41) is 7.95. The van der Waals surface area contributed by atoms with E-state index in [9.17, 15) is 8.42 Å². The van der Waals surface area contributed by atoms with Crippen LogP contribution in [0.15, 0.2) is 41.6 Å². The molecule has 0 amide bonds. The van der Waals surface area contributed by atoms with Crippen LogP contribution < -0.4 is 4.72 Å². The van der Waals surface area contributed by atoms with Gasteiger partial charge < -0.3 is 0 Å². The van der Waals surface area contributed by atoms with Gasteiger partial charge in [-0.3, -0.25) is 5.10 Å². The van der Waals surface area contributed by atoms with E-state index in [0.29, 0.717) is 11.3 Å². The quantitative estimate of drug-likeness (QED) is 0.763. The second kappa shape index (κ2) is 5.68. The number of aryl methyl sites for hydroxylation is 2. The molecular weight excluding hydrogens is 324 g/mol. The van der Waals surface area contributed by atoms with Crippen molar-refractivity contribution in [3.8, 4) is 0 Å². The van der Waals surface area contributed by atoms with Crippen LogP contribution in [0.4, 0.5) is 0 Å². The van der Waals surface area contributed by atoms with Crippen molar-refractivity contribution in [1.29, 1.82) is 0 Å². The number of H-pyrrole nitrogens is 1. The second-order valence-electron chi connectivity index (χ2n) is 6.22. The molecule has 2 heterocycles. The third-order valence-electron chi connectivity index (χ3n) is 4.60.